The quantitative estimate of drug-likeness (QED) is 0.574. The van der Waals surface area contributed by atoms with Gasteiger partial charge in [-0.25, -0.2) is 4.39 Å². The monoisotopic (exact) mass is 352 g/mol. The molecule has 0 spiro atoms. The molecule has 6 heteroatoms. The molecule has 98 valence electrons. The standard InChI is InChI=1S/C12H11BrClFO2S/c1-12(2,3)11(17)18-9-4-6(10(14)16)8(15)5-7(9)13/h4-5H,1-3H3. The van der Waals surface area contributed by atoms with Gasteiger partial charge < -0.3 is 0 Å². The molecule has 1 aromatic carbocycles. The summed E-state index contributed by atoms with van der Waals surface area (Å²) in [7, 11) is 0. The maximum atomic E-state index is 13.4. The third kappa shape index (κ3) is 3.80. The van der Waals surface area contributed by atoms with E-state index < -0.39 is 16.5 Å². The van der Waals surface area contributed by atoms with Gasteiger partial charge in [-0.1, -0.05) is 32.5 Å². The zero-order chi connectivity index (χ0) is 14.1. The van der Waals surface area contributed by atoms with Crippen LogP contribution in [0.1, 0.15) is 31.1 Å². The van der Waals surface area contributed by atoms with Crippen LogP contribution in [0.25, 0.3) is 0 Å². The predicted molar refractivity (Wildman–Crippen MR) is 74.6 cm³/mol. The molecule has 1 rings (SSSR count). The van der Waals surface area contributed by atoms with Gasteiger partial charge in [-0.05, 0) is 39.7 Å². The van der Waals surface area contributed by atoms with E-state index >= 15 is 0 Å². The number of hydrogen-bond donors (Lipinski definition) is 0. The van der Waals surface area contributed by atoms with Crippen molar-refractivity contribution < 1.29 is 14.0 Å². The molecule has 0 aliphatic carbocycles. The molecule has 0 saturated heterocycles. The number of carbonyl (C=O) groups excluding carboxylic acids is 2. The van der Waals surface area contributed by atoms with Gasteiger partial charge in [0.15, 0.2) is 5.12 Å². The lowest BCUT2D eigenvalue weighted by molar-refractivity contribution is -0.117. The molecule has 0 aliphatic heterocycles. The first kappa shape index (κ1) is 15.7. The van der Waals surface area contributed by atoms with Crippen molar-refractivity contribution in [1.29, 1.82) is 0 Å². The summed E-state index contributed by atoms with van der Waals surface area (Å²) in [6, 6.07) is 2.41. The van der Waals surface area contributed by atoms with Crippen molar-refractivity contribution in [3.63, 3.8) is 0 Å². The van der Waals surface area contributed by atoms with Crippen molar-refractivity contribution >= 4 is 49.7 Å². The summed E-state index contributed by atoms with van der Waals surface area (Å²) >= 11 is 9.38. The Morgan fingerprint density at radius 2 is 1.89 bits per heavy atom. The average molecular weight is 354 g/mol. The maximum Gasteiger partial charge on any atom is 0.255 e. The summed E-state index contributed by atoms with van der Waals surface area (Å²) in [6.45, 7) is 5.36. The van der Waals surface area contributed by atoms with Gasteiger partial charge in [-0.3, -0.25) is 9.59 Å². The topological polar surface area (TPSA) is 34.1 Å². The van der Waals surface area contributed by atoms with E-state index in [1.165, 1.54) is 6.07 Å². The molecule has 0 heterocycles. The second-order valence-electron chi connectivity index (χ2n) is 4.68. The molecule has 0 saturated carbocycles. The highest BCUT2D eigenvalue weighted by Gasteiger charge is 2.24. The summed E-state index contributed by atoms with van der Waals surface area (Å²) in [6.07, 6.45) is 0. The van der Waals surface area contributed by atoms with E-state index in [-0.39, 0.29) is 10.7 Å². The van der Waals surface area contributed by atoms with E-state index in [2.05, 4.69) is 15.9 Å². The lowest BCUT2D eigenvalue weighted by Gasteiger charge is -2.16. The van der Waals surface area contributed by atoms with Crippen LogP contribution in [0.4, 0.5) is 4.39 Å². The molecule has 2 nitrogen and oxygen atoms in total. The molecule has 1 aromatic rings. The molecule has 0 fully saturated rings. The normalized spacial score (nSPS) is 11.4. The lowest BCUT2D eigenvalue weighted by Crippen LogP contribution is -2.16. The van der Waals surface area contributed by atoms with Crippen LogP contribution in [0.2, 0.25) is 0 Å². The zero-order valence-corrected chi connectivity index (χ0v) is 13.2. The minimum absolute atomic E-state index is 0.0808. The number of carbonyl (C=O) groups is 2. The smallest absolute Gasteiger partial charge is 0.255 e. The first-order valence-corrected chi connectivity index (χ1v) is 7.03. The molecule has 0 aromatic heterocycles. The first-order valence-electron chi connectivity index (χ1n) is 5.04. The van der Waals surface area contributed by atoms with Crippen LogP contribution in [0, 0.1) is 11.2 Å². The number of benzene rings is 1. The minimum Gasteiger partial charge on any atom is -0.286 e. The van der Waals surface area contributed by atoms with E-state index in [9.17, 15) is 14.0 Å². The number of halogens is 3. The van der Waals surface area contributed by atoms with Gasteiger partial charge in [0.2, 0.25) is 0 Å². The number of thioether (sulfide) groups is 1. The fraction of sp³-hybridized carbons (Fsp3) is 0.333. The Morgan fingerprint density at radius 3 is 2.33 bits per heavy atom. The molecule has 0 radical (unpaired) electrons. The van der Waals surface area contributed by atoms with Crippen molar-refractivity contribution in [3.05, 3.63) is 28.0 Å². The van der Waals surface area contributed by atoms with Gasteiger partial charge in [0.25, 0.3) is 5.24 Å². The van der Waals surface area contributed by atoms with Crippen LogP contribution in [0.5, 0.6) is 0 Å². The predicted octanol–water partition coefficient (Wildman–Crippen LogP) is 4.63. The Labute approximate surface area is 122 Å². The molecular formula is C12H11BrClFO2S. The van der Waals surface area contributed by atoms with Crippen molar-refractivity contribution in [3.8, 4) is 0 Å². The lowest BCUT2D eigenvalue weighted by atomic mass is 10.00. The number of rotatable bonds is 2. The second-order valence-corrected chi connectivity index (χ2v) is 6.89. The fourth-order valence-corrected chi connectivity index (χ4v) is 2.55. The van der Waals surface area contributed by atoms with Crippen molar-refractivity contribution in [2.75, 3.05) is 0 Å². The summed E-state index contributed by atoms with van der Waals surface area (Å²) < 4.78 is 13.8. The van der Waals surface area contributed by atoms with E-state index in [4.69, 9.17) is 11.6 Å². The van der Waals surface area contributed by atoms with Gasteiger partial charge in [0, 0.05) is 14.8 Å². The third-order valence-electron chi connectivity index (χ3n) is 2.05. The molecule has 18 heavy (non-hydrogen) atoms. The highest BCUT2D eigenvalue weighted by Crippen LogP contribution is 2.35. The largest absolute Gasteiger partial charge is 0.286 e. The highest BCUT2D eigenvalue weighted by molar-refractivity contribution is 9.10. The zero-order valence-electron chi connectivity index (χ0n) is 10.0. The summed E-state index contributed by atoms with van der Waals surface area (Å²) in [5, 5.41) is -0.965. The van der Waals surface area contributed by atoms with Gasteiger partial charge >= 0.3 is 0 Å². The molecule has 0 amide bonds. The molecule has 0 unspecified atom stereocenters. The molecule has 0 bridgehead atoms. The first-order chi connectivity index (χ1) is 8.12. The van der Waals surface area contributed by atoms with Crippen LogP contribution >= 0.6 is 39.3 Å². The van der Waals surface area contributed by atoms with Crippen LogP contribution in [-0.2, 0) is 4.79 Å². The van der Waals surface area contributed by atoms with Crippen LogP contribution in [-0.4, -0.2) is 10.4 Å². The third-order valence-corrected chi connectivity index (χ3v) is 4.53. The molecule has 0 N–H and O–H groups in total. The second kappa shape index (κ2) is 5.72. The summed E-state index contributed by atoms with van der Waals surface area (Å²) in [5.74, 6) is -0.713. The summed E-state index contributed by atoms with van der Waals surface area (Å²) in [5.41, 5.74) is -0.757. The van der Waals surface area contributed by atoms with Crippen LogP contribution in [0.3, 0.4) is 0 Å². The minimum atomic E-state index is -0.884. The van der Waals surface area contributed by atoms with Crippen molar-refractivity contribution in [2.45, 2.75) is 25.7 Å². The number of hydrogen-bond acceptors (Lipinski definition) is 3. The van der Waals surface area contributed by atoms with Crippen LogP contribution in [0.15, 0.2) is 21.5 Å². The van der Waals surface area contributed by atoms with E-state index in [0.717, 1.165) is 17.8 Å². The van der Waals surface area contributed by atoms with Gasteiger partial charge in [0.05, 0.1) is 5.56 Å². The van der Waals surface area contributed by atoms with Gasteiger partial charge in [-0.15, -0.1) is 0 Å². The van der Waals surface area contributed by atoms with E-state index in [0.29, 0.717) is 9.37 Å². The highest BCUT2D eigenvalue weighted by atomic mass is 79.9. The molecule has 0 atom stereocenters. The molecule has 0 aliphatic rings. The van der Waals surface area contributed by atoms with Crippen LogP contribution < -0.4 is 0 Å². The Morgan fingerprint density at radius 1 is 1.33 bits per heavy atom. The SMILES string of the molecule is CC(C)(C)C(=O)Sc1cc(C(=O)Cl)c(F)cc1Br. The van der Waals surface area contributed by atoms with Gasteiger partial charge in [0.1, 0.15) is 5.82 Å². The summed E-state index contributed by atoms with van der Waals surface area (Å²) in [4.78, 5) is 23.4. The Balaban J connectivity index is 3.14. The van der Waals surface area contributed by atoms with Crippen molar-refractivity contribution in [2.24, 2.45) is 5.41 Å². The fourth-order valence-electron chi connectivity index (χ4n) is 1.01. The van der Waals surface area contributed by atoms with Crippen molar-refractivity contribution in [1.82, 2.24) is 0 Å². The Hall–Kier alpha value is -0.390. The van der Waals surface area contributed by atoms with E-state index in [1.54, 1.807) is 20.8 Å². The maximum absolute atomic E-state index is 13.4. The molecular weight excluding hydrogens is 343 g/mol. The Kier molecular flexibility index (Phi) is 4.98. The van der Waals surface area contributed by atoms with Gasteiger partial charge in [-0.2, -0.15) is 0 Å². The Bertz CT molecular complexity index is 512. The average Bonchev–Trinajstić information content (AvgIpc) is 2.19. The van der Waals surface area contributed by atoms with E-state index in [1.807, 2.05) is 0 Å².